The average Bonchev–Trinajstić information content (AvgIpc) is 3.03. The number of hydrogen-bond donors (Lipinski definition) is 1. The van der Waals surface area contributed by atoms with E-state index >= 15 is 4.39 Å². The van der Waals surface area contributed by atoms with Crippen molar-refractivity contribution in [1.82, 2.24) is 14.8 Å². The maximum absolute atomic E-state index is 15.2. The molecule has 10 heteroatoms. The fourth-order valence-electron chi connectivity index (χ4n) is 4.68. The Morgan fingerprint density at radius 2 is 1.88 bits per heavy atom. The monoisotopic (exact) mass is 603 g/mol. The first-order valence-corrected chi connectivity index (χ1v) is 14.4. The van der Waals surface area contributed by atoms with Crippen molar-refractivity contribution in [2.45, 2.75) is 13.8 Å². The third-order valence-corrected chi connectivity index (χ3v) is 7.31. The number of nitrogens with zero attached hydrogens (tertiary/aromatic N) is 6. The van der Waals surface area contributed by atoms with Crippen molar-refractivity contribution < 1.29 is 9.18 Å². The molecule has 2 heterocycles. The van der Waals surface area contributed by atoms with Gasteiger partial charge in [-0.1, -0.05) is 29.8 Å². The normalized spacial score (nSPS) is 14.6. The van der Waals surface area contributed by atoms with E-state index in [1.165, 1.54) is 24.2 Å². The molecule has 4 rings (SSSR count). The Bertz CT molecular complexity index is 1480. The predicted octanol–water partition coefficient (Wildman–Crippen LogP) is 6.06. The molecular formula is C33H39ClFN7O. The molecule has 1 amide bonds. The first-order chi connectivity index (χ1) is 20.8. The number of carbonyl (C=O) groups is 1. The first kappa shape index (κ1) is 33.3. The smallest absolute Gasteiger partial charge is 0.215 e. The minimum Gasteiger partial charge on any atom is -0.367 e. The highest BCUT2D eigenvalue weighted by molar-refractivity contribution is 6.32. The summed E-state index contributed by atoms with van der Waals surface area (Å²) in [7, 11) is 3.56. The lowest BCUT2D eigenvalue weighted by Gasteiger charge is -2.34. The summed E-state index contributed by atoms with van der Waals surface area (Å²) in [5.41, 5.74) is 9.51. The number of allylic oxidation sites excluding steroid dienone is 1. The number of aliphatic imine (C=N–C) groups is 2. The van der Waals surface area contributed by atoms with Gasteiger partial charge < -0.3 is 15.5 Å². The summed E-state index contributed by atoms with van der Waals surface area (Å²) in [6.45, 7) is 11.0. The fourth-order valence-corrected chi connectivity index (χ4v) is 5.01. The van der Waals surface area contributed by atoms with Crippen LogP contribution in [-0.4, -0.2) is 80.6 Å². The van der Waals surface area contributed by atoms with Crippen LogP contribution in [0.3, 0.4) is 0 Å². The molecule has 0 unspecified atom stereocenters. The highest BCUT2D eigenvalue weighted by atomic mass is 35.5. The molecule has 0 atom stereocenters. The van der Waals surface area contributed by atoms with Gasteiger partial charge >= 0.3 is 0 Å². The van der Waals surface area contributed by atoms with Gasteiger partial charge in [-0.2, -0.15) is 0 Å². The molecule has 0 spiro atoms. The zero-order valence-corrected chi connectivity index (χ0v) is 25.9. The molecule has 1 saturated heterocycles. The molecule has 2 aromatic carbocycles. The molecule has 0 radical (unpaired) electrons. The molecule has 43 heavy (non-hydrogen) atoms. The molecule has 226 valence electrons. The van der Waals surface area contributed by atoms with Crippen LogP contribution in [0.25, 0.3) is 16.7 Å². The minimum atomic E-state index is -0.358. The quantitative estimate of drug-likeness (QED) is 0.139. The van der Waals surface area contributed by atoms with Crippen LogP contribution in [0.15, 0.2) is 88.8 Å². The van der Waals surface area contributed by atoms with Crippen molar-refractivity contribution in [3.63, 3.8) is 0 Å². The van der Waals surface area contributed by atoms with E-state index in [2.05, 4.69) is 34.4 Å². The standard InChI is InChI=1S/C32H34ClFN6O.CH5N/c1-5-39(22-41)32(37-27-9-11-31(30(34)19-27)40-15-13-38(4)14-16-40)26(20-35-3)17-23(2)28-10-8-24(18-29(28)33)25-7-6-12-36-21-25;1-2/h6-12,17-22H,3,5,13-16H2,1-2,4H3;2H2,1H3/b23-17+,26-20-,37-32?;. The lowest BCUT2D eigenvalue weighted by Crippen LogP contribution is -2.44. The van der Waals surface area contributed by atoms with Crippen LogP contribution >= 0.6 is 11.6 Å². The second-order valence-electron chi connectivity index (χ2n) is 9.78. The molecule has 1 aromatic heterocycles. The van der Waals surface area contributed by atoms with E-state index in [0.29, 0.717) is 40.8 Å². The Labute approximate surface area is 258 Å². The van der Waals surface area contributed by atoms with Gasteiger partial charge in [-0.05, 0) is 81.7 Å². The number of amides is 1. The molecule has 3 aromatic rings. The molecule has 0 aliphatic carbocycles. The minimum absolute atomic E-state index is 0.323. The van der Waals surface area contributed by atoms with Gasteiger partial charge in [0, 0.05) is 73.5 Å². The van der Waals surface area contributed by atoms with E-state index in [1.54, 1.807) is 24.5 Å². The van der Waals surface area contributed by atoms with Crippen LogP contribution in [0, 0.1) is 5.82 Å². The van der Waals surface area contributed by atoms with Gasteiger partial charge in [-0.25, -0.2) is 9.38 Å². The van der Waals surface area contributed by atoms with Gasteiger partial charge in [0.2, 0.25) is 6.41 Å². The number of carbonyl (C=O) groups excluding carboxylic acids is 1. The molecule has 0 saturated carbocycles. The molecule has 8 nitrogen and oxygen atoms in total. The highest BCUT2D eigenvalue weighted by Crippen LogP contribution is 2.31. The van der Waals surface area contributed by atoms with Crippen molar-refractivity contribution in [2.24, 2.45) is 15.7 Å². The maximum atomic E-state index is 15.2. The molecular weight excluding hydrogens is 565 g/mol. The number of pyridine rings is 1. The first-order valence-electron chi connectivity index (χ1n) is 14.0. The summed E-state index contributed by atoms with van der Waals surface area (Å²) in [4.78, 5) is 30.6. The zero-order chi connectivity index (χ0) is 31.4. The van der Waals surface area contributed by atoms with Gasteiger partial charge in [-0.3, -0.25) is 19.7 Å². The van der Waals surface area contributed by atoms with Crippen LogP contribution in [0.2, 0.25) is 5.02 Å². The third kappa shape index (κ3) is 8.67. The van der Waals surface area contributed by atoms with Crippen LogP contribution in [0.1, 0.15) is 19.4 Å². The van der Waals surface area contributed by atoms with Crippen molar-refractivity contribution in [1.29, 1.82) is 0 Å². The summed E-state index contributed by atoms with van der Waals surface area (Å²) in [6, 6.07) is 14.6. The number of amidine groups is 1. The summed E-state index contributed by atoms with van der Waals surface area (Å²) in [5.74, 6) is -0.0343. The highest BCUT2D eigenvalue weighted by Gasteiger charge is 2.19. The van der Waals surface area contributed by atoms with E-state index in [-0.39, 0.29) is 5.82 Å². The van der Waals surface area contributed by atoms with Gasteiger partial charge in [0.1, 0.15) is 11.7 Å². The molecule has 1 aliphatic rings. The summed E-state index contributed by atoms with van der Waals surface area (Å²) < 4.78 is 15.2. The van der Waals surface area contributed by atoms with Gasteiger partial charge in [0.25, 0.3) is 0 Å². The number of rotatable bonds is 9. The number of nitrogens with two attached hydrogens (primary N) is 1. The number of hydrogen-bond acceptors (Lipinski definition) is 7. The Morgan fingerprint density at radius 3 is 2.47 bits per heavy atom. The molecule has 1 aliphatic heterocycles. The van der Waals surface area contributed by atoms with Crippen LogP contribution in [0.4, 0.5) is 15.8 Å². The Kier molecular flexibility index (Phi) is 12.8. The number of halogens is 2. The van der Waals surface area contributed by atoms with Gasteiger partial charge in [0.15, 0.2) is 0 Å². The van der Waals surface area contributed by atoms with Crippen LogP contribution in [-0.2, 0) is 4.79 Å². The van der Waals surface area contributed by atoms with E-state index in [9.17, 15) is 4.79 Å². The van der Waals surface area contributed by atoms with E-state index in [0.717, 1.165) is 48.4 Å². The topological polar surface area (TPSA) is 90.4 Å². The largest absolute Gasteiger partial charge is 0.367 e. The van der Waals surface area contributed by atoms with Gasteiger partial charge in [0.05, 0.1) is 11.4 Å². The summed E-state index contributed by atoms with van der Waals surface area (Å²) in [6.07, 6.45) is 7.58. The molecule has 1 fully saturated rings. The zero-order valence-electron chi connectivity index (χ0n) is 25.2. The number of anilines is 1. The van der Waals surface area contributed by atoms with Gasteiger partial charge in [-0.15, -0.1) is 0 Å². The SMILES string of the molecule is C=N/C=C(/C=C(\C)c1ccc(-c2cccnc2)cc1Cl)C(=Nc1ccc(N2CCN(C)CC2)c(F)c1)N(C=O)CC.CN. The lowest BCUT2D eigenvalue weighted by atomic mass is 10.00. The second-order valence-corrected chi connectivity index (χ2v) is 10.2. The van der Waals surface area contributed by atoms with E-state index in [4.69, 9.17) is 16.6 Å². The Morgan fingerprint density at radius 1 is 1.14 bits per heavy atom. The van der Waals surface area contributed by atoms with Crippen LogP contribution < -0.4 is 10.6 Å². The number of benzene rings is 2. The third-order valence-electron chi connectivity index (χ3n) is 7.00. The lowest BCUT2D eigenvalue weighted by molar-refractivity contribution is -0.114. The number of aromatic nitrogens is 1. The fraction of sp³-hybridized carbons (Fsp3) is 0.273. The second kappa shape index (κ2) is 16.5. The van der Waals surface area contributed by atoms with Crippen molar-refractivity contribution in [2.75, 3.05) is 51.7 Å². The van der Waals surface area contributed by atoms with Crippen molar-refractivity contribution >= 4 is 47.5 Å². The maximum Gasteiger partial charge on any atom is 0.215 e. The molecule has 0 bridgehead atoms. The van der Waals surface area contributed by atoms with Crippen molar-refractivity contribution in [3.05, 3.63) is 95.2 Å². The number of likely N-dealkylation sites (N-methyl/N-ethyl adjacent to an activating group) is 2. The average molecular weight is 604 g/mol. The Balaban J connectivity index is 0.00000248. The summed E-state index contributed by atoms with van der Waals surface area (Å²) >= 11 is 6.70. The summed E-state index contributed by atoms with van der Waals surface area (Å²) in [5, 5.41) is 0.564. The van der Waals surface area contributed by atoms with E-state index < -0.39 is 0 Å². The van der Waals surface area contributed by atoms with Crippen molar-refractivity contribution in [3.8, 4) is 11.1 Å². The Hall–Kier alpha value is -4.18. The van der Waals surface area contributed by atoms with E-state index in [1.807, 2.05) is 55.2 Å². The number of piperazine rings is 1. The van der Waals surface area contributed by atoms with Crippen LogP contribution in [0.5, 0.6) is 0 Å². The predicted molar refractivity (Wildman–Crippen MR) is 178 cm³/mol. The molecule has 2 N–H and O–H groups in total.